The Morgan fingerprint density at radius 2 is 1.48 bits per heavy atom. The van der Waals surface area contributed by atoms with Crippen LogP contribution in [0.4, 0.5) is 0 Å². The molecule has 4 fully saturated rings. The van der Waals surface area contributed by atoms with Crippen molar-refractivity contribution in [2.45, 2.75) is 69.6 Å². The van der Waals surface area contributed by atoms with E-state index in [0.29, 0.717) is 0 Å². The molecular formula is C18H23ClN2. The van der Waals surface area contributed by atoms with E-state index in [2.05, 4.69) is 0 Å². The fourth-order valence-electron chi connectivity index (χ4n) is 6.17. The predicted molar refractivity (Wildman–Crippen MR) is 83.5 cm³/mol. The molecule has 3 heteroatoms. The Kier molecular flexibility index (Phi) is 2.72. The molecule has 0 aliphatic heterocycles. The Bertz CT molecular complexity index is 560. The smallest absolute Gasteiger partial charge is 0.136 e. The molecule has 4 bridgehead atoms. The van der Waals surface area contributed by atoms with E-state index in [1.165, 1.54) is 62.6 Å². The zero-order valence-corrected chi connectivity index (χ0v) is 13.3. The van der Waals surface area contributed by atoms with E-state index in [1.54, 1.807) is 0 Å². The van der Waals surface area contributed by atoms with Gasteiger partial charge in [-0.25, -0.2) is 9.97 Å². The van der Waals surface area contributed by atoms with Gasteiger partial charge in [0.05, 0.1) is 0 Å². The molecule has 0 atom stereocenters. The molecule has 0 amide bonds. The highest BCUT2D eigenvalue weighted by Gasteiger charge is 2.53. The van der Waals surface area contributed by atoms with Crippen molar-refractivity contribution in [3.05, 3.63) is 22.2 Å². The van der Waals surface area contributed by atoms with Crippen molar-refractivity contribution in [2.75, 3.05) is 0 Å². The van der Waals surface area contributed by atoms with Crippen LogP contribution < -0.4 is 0 Å². The molecule has 112 valence electrons. The molecule has 5 aliphatic carbocycles. The van der Waals surface area contributed by atoms with Crippen molar-refractivity contribution < 1.29 is 0 Å². The summed E-state index contributed by atoms with van der Waals surface area (Å²) < 4.78 is 0. The van der Waals surface area contributed by atoms with E-state index in [4.69, 9.17) is 21.6 Å². The summed E-state index contributed by atoms with van der Waals surface area (Å²) >= 11 is 6.54. The quantitative estimate of drug-likeness (QED) is 0.715. The maximum absolute atomic E-state index is 6.54. The third-order valence-corrected chi connectivity index (χ3v) is 6.96. The number of aromatic nitrogens is 2. The summed E-state index contributed by atoms with van der Waals surface area (Å²) in [4.78, 5) is 9.90. The lowest BCUT2D eigenvalue weighted by molar-refractivity contribution is -0.00953. The normalized spacial score (nSPS) is 40.3. The largest absolute Gasteiger partial charge is 0.237 e. The Morgan fingerprint density at radius 3 is 2.14 bits per heavy atom. The fourth-order valence-corrected chi connectivity index (χ4v) is 6.45. The third-order valence-electron chi connectivity index (χ3n) is 6.65. The molecule has 1 aromatic heterocycles. The molecule has 4 saturated carbocycles. The lowest BCUT2D eigenvalue weighted by atomic mass is 9.49. The monoisotopic (exact) mass is 302 g/mol. The minimum absolute atomic E-state index is 0.283. The summed E-state index contributed by atoms with van der Waals surface area (Å²) in [5, 5.41) is 0.769. The van der Waals surface area contributed by atoms with E-state index in [0.717, 1.165) is 41.6 Å². The molecule has 0 saturated heterocycles. The average molecular weight is 303 g/mol. The summed E-state index contributed by atoms with van der Waals surface area (Å²) in [6, 6.07) is 0. The lowest BCUT2D eigenvalue weighted by Gasteiger charge is -2.56. The Morgan fingerprint density at radius 1 is 0.857 bits per heavy atom. The van der Waals surface area contributed by atoms with Crippen LogP contribution in [0.5, 0.6) is 0 Å². The molecule has 0 aromatic carbocycles. The average Bonchev–Trinajstić information content (AvgIpc) is 2.46. The van der Waals surface area contributed by atoms with E-state index < -0.39 is 0 Å². The lowest BCUT2D eigenvalue weighted by Crippen LogP contribution is -2.49. The van der Waals surface area contributed by atoms with Crippen LogP contribution in [0.25, 0.3) is 0 Å². The van der Waals surface area contributed by atoms with Crippen LogP contribution in [0.3, 0.4) is 0 Å². The van der Waals surface area contributed by atoms with Crippen molar-refractivity contribution in [3.8, 4) is 0 Å². The van der Waals surface area contributed by atoms with Gasteiger partial charge in [-0.2, -0.15) is 0 Å². The van der Waals surface area contributed by atoms with Gasteiger partial charge in [0.25, 0.3) is 0 Å². The van der Waals surface area contributed by atoms with Crippen LogP contribution in [0.1, 0.15) is 68.4 Å². The molecule has 21 heavy (non-hydrogen) atoms. The van der Waals surface area contributed by atoms with Crippen LogP contribution >= 0.6 is 11.6 Å². The van der Waals surface area contributed by atoms with Crippen LogP contribution in [0.15, 0.2) is 0 Å². The summed E-state index contributed by atoms with van der Waals surface area (Å²) in [7, 11) is 0. The topological polar surface area (TPSA) is 25.8 Å². The molecule has 5 aliphatic rings. The second-order valence-corrected chi connectivity index (χ2v) is 8.53. The van der Waals surface area contributed by atoms with Gasteiger partial charge in [0.1, 0.15) is 11.0 Å². The van der Waals surface area contributed by atoms with Crippen molar-refractivity contribution in [3.63, 3.8) is 0 Å². The summed E-state index contributed by atoms with van der Waals surface area (Å²) in [6.45, 7) is 0. The number of nitrogens with zero attached hydrogens (tertiary/aromatic N) is 2. The van der Waals surface area contributed by atoms with Crippen LogP contribution in [-0.4, -0.2) is 9.97 Å². The van der Waals surface area contributed by atoms with Crippen molar-refractivity contribution in [1.29, 1.82) is 0 Å². The molecule has 1 aromatic rings. The Labute approximate surface area is 131 Å². The zero-order valence-electron chi connectivity index (χ0n) is 12.6. The van der Waals surface area contributed by atoms with Gasteiger partial charge in [-0.1, -0.05) is 11.6 Å². The molecular weight excluding hydrogens is 280 g/mol. The van der Waals surface area contributed by atoms with Crippen LogP contribution in [-0.2, 0) is 18.3 Å². The second kappa shape index (κ2) is 4.44. The van der Waals surface area contributed by atoms with Gasteiger partial charge in [-0.15, -0.1) is 0 Å². The zero-order chi connectivity index (χ0) is 14.0. The standard InChI is InChI=1S/C18H23ClN2/c19-16-14-3-1-2-4-15(14)20-17(21-16)18-8-11-5-12(9-18)7-13(6-11)10-18/h11-13H,1-10H2. The Balaban J connectivity index is 1.59. The van der Waals surface area contributed by atoms with Crippen LogP contribution in [0, 0.1) is 17.8 Å². The molecule has 1 heterocycles. The highest BCUT2D eigenvalue weighted by atomic mass is 35.5. The maximum Gasteiger partial charge on any atom is 0.136 e. The first kappa shape index (κ1) is 12.9. The predicted octanol–water partition coefficient (Wildman–Crippen LogP) is 4.48. The molecule has 0 unspecified atom stereocenters. The highest BCUT2D eigenvalue weighted by molar-refractivity contribution is 6.30. The molecule has 6 rings (SSSR count). The number of fused-ring (bicyclic) bond motifs is 1. The van der Waals surface area contributed by atoms with Gasteiger partial charge in [-0.05, 0) is 82.0 Å². The minimum Gasteiger partial charge on any atom is -0.237 e. The number of rotatable bonds is 1. The summed E-state index contributed by atoms with van der Waals surface area (Å²) in [5.74, 6) is 3.94. The number of hydrogen-bond acceptors (Lipinski definition) is 2. The van der Waals surface area contributed by atoms with Crippen molar-refractivity contribution >= 4 is 11.6 Å². The fraction of sp³-hybridized carbons (Fsp3) is 0.778. The van der Waals surface area contributed by atoms with Gasteiger partial charge in [-0.3, -0.25) is 0 Å². The summed E-state index contributed by atoms with van der Waals surface area (Å²) in [6.07, 6.45) is 13.1. The van der Waals surface area contributed by atoms with Gasteiger partial charge < -0.3 is 0 Å². The highest BCUT2D eigenvalue weighted by Crippen LogP contribution is 2.60. The summed E-state index contributed by atoms with van der Waals surface area (Å²) in [5.41, 5.74) is 2.80. The van der Waals surface area contributed by atoms with Gasteiger partial charge in [0, 0.05) is 16.7 Å². The van der Waals surface area contributed by atoms with Gasteiger partial charge in [0.15, 0.2) is 0 Å². The number of halogens is 1. The van der Waals surface area contributed by atoms with Crippen LogP contribution in [0.2, 0.25) is 5.15 Å². The first-order valence-electron chi connectivity index (χ1n) is 8.78. The second-order valence-electron chi connectivity index (χ2n) is 8.17. The Hall–Kier alpha value is -0.630. The number of aryl methyl sites for hydroxylation is 1. The number of hydrogen-bond donors (Lipinski definition) is 0. The van der Waals surface area contributed by atoms with E-state index in [9.17, 15) is 0 Å². The first-order chi connectivity index (χ1) is 10.2. The third kappa shape index (κ3) is 1.91. The molecule has 0 spiro atoms. The van der Waals surface area contributed by atoms with Gasteiger partial charge >= 0.3 is 0 Å². The van der Waals surface area contributed by atoms with E-state index >= 15 is 0 Å². The van der Waals surface area contributed by atoms with Crippen molar-refractivity contribution in [1.82, 2.24) is 9.97 Å². The van der Waals surface area contributed by atoms with E-state index in [1.807, 2.05) is 0 Å². The van der Waals surface area contributed by atoms with Gasteiger partial charge in [0.2, 0.25) is 0 Å². The minimum atomic E-state index is 0.283. The maximum atomic E-state index is 6.54. The molecule has 0 N–H and O–H groups in total. The van der Waals surface area contributed by atoms with E-state index in [-0.39, 0.29) is 5.41 Å². The first-order valence-corrected chi connectivity index (χ1v) is 9.15. The van der Waals surface area contributed by atoms with Crippen molar-refractivity contribution in [2.24, 2.45) is 17.8 Å². The molecule has 2 nitrogen and oxygen atoms in total. The molecule has 0 radical (unpaired) electrons. The SMILES string of the molecule is Clc1nc(C23CC4CC(CC(C4)C2)C3)nc2c1CCCC2.